The predicted octanol–water partition coefficient (Wildman–Crippen LogP) is 4.07. The first-order valence-corrected chi connectivity index (χ1v) is 13.5. The summed E-state index contributed by atoms with van der Waals surface area (Å²) in [5, 5.41) is 3.40. The minimum atomic E-state index is -0.389. The maximum Gasteiger partial charge on any atom is 0.341 e. The molecule has 2 amide bonds. The first kappa shape index (κ1) is 23.7. The van der Waals surface area contributed by atoms with Gasteiger partial charge in [-0.15, -0.1) is 23.1 Å². The van der Waals surface area contributed by atoms with E-state index in [-0.39, 0.29) is 35.9 Å². The van der Waals surface area contributed by atoms with Crippen LogP contribution in [0.3, 0.4) is 0 Å². The fraction of sp³-hybridized carbons (Fsp3) is 0.391. The number of aryl methyl sites for hydroxylation is 3. The summed E-state index contributed by atoms with van der Waals surface area (Å²) in [5.74, 6) is -0.716. The van der Waals surface area contributed by atoms with Crippen molar-refractivity contribution in [2.45, 2.75) is 33.1 Å². The number of hydrogen-bond acceptors (Lipinski definition) is 7. The molecule has 1 N–H and O–H groups in total. The number of thiophene rings is 1. The number of amides is 2. The molecule has 2 aromatic heterocycles. The fourth-order valence-electron chi connectivity index (χ4n) is 3.79. The molecule has 0 bridgehead atoms. The van der Waals surface area contributed by atoms with Crippen LogP contribution in [0, 0.1) is 6.92 Å². The molecule has 7 nitrogen and oxygen atoms in total. The van der Waals surface area contributed by atoms with Crippen LogP contribution in [0.4, 0.5) is 5.00 Å². The second-order valence-electron chi connectivity index (χ2n) is 7.74. The Kier molecular flexibility index (Phi) is 7.35. The fourth-order valence-corrected chi connectivity index (χ4v) is 6.82. The molecule has 0 unspecified atom stereocenters. The number of nitrogens with one attached hydrogen (secondary N) is 1. The number of thiazole rings is 1. The number of benzene rings is 1. The highest BCUT2D eigenvalue weighted by atomic mass is 32.2. The number of carbonyl (C=O) groups is 3. The van der Waals surface area contributed by atoms with Crippen LogP contribution in [0.5, 0.6) is 0 Å². The Morgan fingerprint density at radius 3 is 2.82 bits per heavy atom. The van der Waals surface area contributed by atoms with Crippen molar-refractivity contribution in [2.75, 3.05) is 23.4 Å². The van der Waals surface area contributed by atoms with Crippen molar-refractivity contribution < 1.29 is 19.1 Å². The molecule has 33 heavy (non-hydrogen) atoms. The monoisotopic (exact) mass is 503 g/mol. The highest BCUT2D eigenvalue weighted by Gasteiger charge is 2.28. The van der Waals surface area contributed by atoms with Crippen molar-refractivity contribution in [1.29, 1.82) is 0 Å². The number of ether oxygens (including phenoxy) is 1. The van der Waals surface area contributed by atoms with E-state index in [0.717, 1.165) is 45.5 Å². The Balaban J connectivity index is 1.37. The SMILES string of the molecule is CCOC(=O)c1c(NC(=O)CSCC(=O)N=c2sc3cc(C)ccc3n2C)sc2c1CCC2. The molecule has 0 radical (unpaired) electrons. The normalized spacial score (nSPS) is 13.4. The molecule has 10 heteroatoms. The molecular formula is C23H25N3O4S3. The Morgan fingerprint density at radius 1 is 1.21 bits per heavy atom. The topological polar surface area (TPSA) is 89.8 Å². The minimum absolute atomic E-state index is 0.101. The number of hydrogen-bond donors (Lipinski definition) is 1. The predicted molar refractivity (Wildman–Crippen MR) is 134 cm³/mol. The third-order valence-corrected chi connectivity index (χ3v) is 8.52. The summed E-state index contributed by atoms with van der Waals surface area (Å²) in [7, 11) is 1.89. The van der Waals surface area contributed by atoms with Crippen LogP contribution < -0.4 is 10.1 Å². The highest BCUT2D eigenvalue weighted by molar-refractivity contribution is 8.00. The molecule has 0 aliphatic heterocycles. The standard InChI is InChI=1S/C23H25N3O4S3/c1-4-30-22(29)20-14-6-5-7-16(14)32-21(20)24-18(27)11-31-12-19(28)25-23-26(3)15-9-8-13(2)10-17(15)33-23/h8-10H,4-7,11-12H2,1-3H3,(H,24,27). The summed E-state index contributed by atoms with van der Waals surface area (Å²) in [6.07, 6.45) is 2.76. The second-order valence-corrected chi connectivity index (χ2v) is 10.8. The van der Waals surface area contributed by atoms with Gasteiger partial charge in [0, 0.05) is 11.9 Å². The van der Waals surface area contributed by atoms with Crippen molar-refractivity contribution in [2.24, 2.45) is 12.0 Å². The van der Waals surface area contributed by atoms with Gasteiger partial charge in [0.2, 0.25) is 5.91 Å². The van der Waals surface area contributed by atoms with Gasteiger partial charge in [0.25, 0.3) is 5.91 Å². The first-order chi connectivity index (χ1) is 15.9. The zero-order chi connectivity index (χ0) is 23.5. The van der Waals surface area contributed by atoms with Gasteiger partial charge in [0.05, 0.1) is 33.9 Å². The molecule has 174 valence electrons. The van der Waals surface area contributed by atoms with E-state index in [9.17, 15) is 14.4 Å². The maximum atomic E-state index is 12.5. The number of anilines is 1. The van der Waals surface area contributed by atoms with E-state index in [4.69, 9.17) is 4.74 Å². The lowest BCUT2D eigenvalue weighted by atomic mass is 10.1. The van der Waals surface area contributed by atoms with Crippen LogP contribution in [-0.4, -0.2) is 40.5 Å². The lowest BCUT2D eigenvalue weighted by Crippen LogP contribution is -2.18. The van der Waals surface area contributed by atoms with E-state index < -0.39 is 0 Å². The average molecular weight is 504 g/mol. The number of carbonyl (C=O) groups excluding carboxylic acids is 3. The summed E-state index contributed by atoms with van der Waals surface area (Å²) in [6, 6.07) is 6.13. The Morgan fingerprint density at radius 2 is 2.03 bits per heavy atom. The minimum Gasteiger partial charge on any atom is -0.462 e. The van der Waals surface area contributed by atoms with Gasteiger partial charge < -0.3 is 14.6 Å². The Hall–Kier alpha value is -2.43. The van der Waals surface area contributed by atoms with Crippen molar-refractivity contribution in [3.63, 3.8) is 0 Å². The molecule has 3 aromatic rings. The van der Waals surface area contributed by atoms with Crippen molar-refractivity contribution in [3.05, 3.63) is 44.6 Å². The van der Waals surface area contributed by atoms with Crippen LogP contribution in [0.15, 0.2) is 23.2 Å². The van der Waals surface area contributed by atoms with Crippen LogP contribution in [-0.2, 0) is 34.2 Å². The van der Waals surface area contributed by atoms with Gasteiger partial charge >= 0.3 is 5.97 Å². The van der Waals surface area contributed by atoms with Crippen LogP contribution in [0.2, 0.25) is 0 Å². The van der Waals surface area contributed by atoms with E-state index in [1.54, 1.807) is 6.92 Å². The molecular weight excluding hydrogens is 478 g/mol. The lowest BCUT2D eigenvalue weighted by Gasteiger charge is -2.07. The molecule has 2 heterocycles. The zero-order valence-corrected chi connectivity index (χ0v) is 21.2. The number of fused-ring (bicyclic) bond motifs is 2. The molecule has 0 atom stereocenters. The van der Waals surface area contributed by atoms with Gasteiger partial charge in [-0.2, -0.15) is 4.99 Å². The van der Waals surface area contributed by atoms with Gasteiger partial charge in [0.1, 0.15) is 5.00 Å². The van der Waals surface area contributed by atoms with E-state index in [2.05, 4.69) is 16.4 Å². The lowest BCUT2D eigenvalue weighted by molar-refractivity contribution is -0.115. The molecule has 1 aliphatic carbocycles. The number of esters is 1. The second kappa shape index (κ2) is 10.2. The quantitative estimate of drug-likeness (QED) is 0.491. The summed E-state index contributed by atoms with van der Waals surface area (Å²) in [6.45, 7) is 4.08. The molecule has 4 rings (SSSR count). The summed E-state index contributed by atoms with van der Waals surface area (Å²) in [5.41, 5.74) is 3.68. The molecule has 1 aromatic carbocycles. The van der Waals surface area contributed by atoms with Gasteiger partial charge in [-0.1, -0.05) is 17.4 Å². The smallest absolute Gasteiger partial charge is 0.341 e. The van der Waals surface area contributed by atoms with Gasteiger partial charge in [-0.05, 0) is 56.4 Å². The molecule has 0 saturated carbocycles. The number of aromatic nitrogens is 1. The summed E-state index contributed by atoms with van der Waals surface area (Å²) < 4.78 is 8.18. The molecule has 0 saturated heterocycles. The van der Waals surface area contributed by atoms with Gasteiger partial charge in [-0.25, -0.2) is 4.79 Å². The van der Waals surface area contributed by atoms with E-state index in [1.165, 1.54) is 34.4 Å². The average Bonchev–Trinajstić information content (AvgIpc) is 3.41. The molecule has 0 fully saturated rings. The van der Waals surface area contributed by atoms with Crippen molar-refractivity contribution in [1.82, 2.24) is 4.57 Å². The van der Waals surface area contributed by atoms with Crippen molar-refractivity contribution >= 4 is 67.4 Å². The number of thioether (sulfide) groups is 1. The summed E-state index contributed by atoms with van der Waals surface area (Å²) >= 11 is 4.13. The van der Waals surface area contributed by atoms with E-state index >= 15 is 0 Å². The molecule has 0 spiro atoms. The Bertz CT molecular complexity index is 1300. The number of nitrogens with zero attached hydrogens (tertiary/aromatic N) is 2. The maximum absolute atomic E-state index is 12.5. The number of rotatable bonds is 7. The van der Waals surface area contributed by atoms with Crippen LogP contribution in [0.25, 0.3) is 10.2 Å². The van der Waals surface area contributed by atoms with Gasteiger partial charge in [-0.3, -0.25) is 9.59 Å². The van der Waals surface area contributed by atoms with E-state index in [1.807, 2.05) is 30.7 Å². The van der Waals surface area contributed by atoms with Crippen LogP contribution >= 0.6 is 34.4 Å². The first-order valence-electron chi connectivity index (χ1n) is 10.7. The summed E-state index contributed by atoms with van der Waals surface area (Å²) in [4.78, 5) is 43.3. The van der Waals surface area contributed by atoms with E-state index in [0.29, 0.717) is 15.4 Å². The van der Waals surface area contributed by atoms with Gasteiger partial charge in [0.15, 0.2) is 4.80 Å². The van der Waals surface area contributed by atoms with Crippen molar-refractivity contribution in [3.8, 4) is 0 Å². The Labute approximate surface area is 203 Å². The largest absolute Gasteiger partial charge is 0.462 e. The highest BCUT2D eigenvalue weighted by Crippen LogP contribution is 2.39. The van der Waals surface area contributed by atoms with Crippen LogP contribution in [0.1, 0.15) is 39.7 Å². The third kappa shape index (κ3) is 5.23. The zero-order valence-electron chi connectivity index (χ0n) is 18.7. The molecule has 1 aliphatic rings. The third-order valence-electron chi connectivity index (χ3n) is 5.30.